The average Bonchev–Trinajstić information content (AvgIpc) is 2.70. The molecule has 1 aromatic rings. The number of nitrogens with one attached hydrogen (secondary N) is 1. The van der Waals surface area contributed by atoms with Crippen LogP contribution in [-0.2, 0) is 11.2 Å². The van der Waals surface area contributed by atoms with Crippen molar-refractivity contribution in [2.75, 3.05) is 29.5 Å². The van der Waals surface area contributed by atoms with Crippen LogP contribution in [0.15, 0.2) is 24.3 Å². The Bertz CT molecular complexity index is 457. The Kier molecular flexibility index (Phi) is 4.09. The summed E-state index contributed by atoms with van der Waals surface area (Å²) in [6.45, 7) is 1.80. The lowest BCUT2D eigenvalue weighted by Gasteiger charge is -2.30. The molecule has 0 saturated carbocycles. The summed E-state index contributed by atoms with van der Waals surface area (Å²) in [6, 6.07) is 8.35. The molecule has 2 heterocycles. The van der Waals surface area contributed by atoms with Gasteiger partial charge in [-0.2, -0.15) is 11.8 Å². The van der Waals surface area contributed by atoms with Crippen molar-refractivity contribution in [3.8, 4) is 0 Å². The first-order valence-corrected chi connectivity index (χ1v) is 8.22. The third-order valence-corrected chi connectivity index (χ3v) is 4.91. The maximum atomic E-state index is 12.7. The number of benzene rings is 1. The number of fused-ring (bicyclic) bond motifs is 1. The molecule has 0 bridgehead atoms. The highest BCUT2D eigenvalue weighted by molar-refractivity contribution is 7.99. The second-order valence-electron chi connectivity index (χ2n) is 5.16. The van der Waals surface area contributed by atoms with Gasteiger partial charge in [0.05, 0.1) is 6.04 Å². The van der Waals surface area contributed by atoms with Gasteiger partial charge in [-0.25, -0.2) is 0 Å². The molecule has 0 aliphatic carbocycles. The van der Waals surface area contributed by atoms with Crippen LogP contribution < -0.4 is 10.2 Å². The highest BCUT2D eigenvalue weighted by Gasteiger charge is 2.28. The minimum Gasteiger partial charge on any atom is -0.311 e. The van der Waals surface area contributed by atoms with Crippen molar-refractivity contribution < 1.29 is 4.79 Å². The van der Waals surface area contributed by atoms with Crippen LogP contribution in [0.25, 0.3) is 0 Å². The monoisotopic (exact) mass is 276 g/mol. The van der Waals surface area contributed by atoms with E-state index in [0.717, 1.165) is 43.1 Å². The van der Waals surface area contributed by atoms with Crippen LogP contribution in [0.1, 0.15) is 18.4 Å². The van der Waals surface area contributed by atoms with Crippen LogP contribution in [0.3, 0.4) is 0 Å². The zero-order chi connectivity index (χ0) is 13.1. The Morgan fingerprint density at radius 1 is 1.32 bits per heavy atom. The minimum absolute atomic E-state index is 0.00935. The summed E-state index contributed by atoms with van der Waals surface area (Å²) in [5, 5.41) is 3.36. The molecule has 1 unspecified atom stereocenters. The zero-order valence-corrected chi connectivity index (χ0v) is 11.9. The lowest BCUT2D eigenvalue weighted by atomic mass is 10.1. The normalized spacial score (nSPS) is 23.6. The van der Waals surface area contributed by atoms with Gasteiger partial charge >= 0.3 is 0 Å². The first-order chi connectivity index (χ1) is 9.36. The van der Waals surface area contributed by atoms with E-state index in [1.54, 1.807) is 0 Å². The van der Waals surface area contributed by atoms with Crippen LogP contribution in [0.5, 0.6) is 0 Å². The van der Waals surface area contributed by atoms with E-state index in [-0.39, 0.29) is 11.9 Å². The Balaban J connectivity index is 1.84. The van der Waals surface area contributed by atoms with Gasteiger partial charge in [-0.3, -0.25) is 4.79 Å². The van der Waals surface area contributed by atoms with E-state index in [2.05, 4.69) is 23.5 Å². The number of rotatable bonds is 1. The average molecular weight is 276 g/mol. The lowest BCUT2D eigenvalue weighted by molar-refractivity contribution is -0.120. The van der Waals surface area contributed by atoms with E-state index >= 15 is 0 Å². The number of carbonyl (C=O) groups excluding carboxylic acids is 1. The van der Waals surface area contributed by atoms with E-state index in [1.807, 2.05) is 22.7 Å². The molecule has 4 heteroatoms. The van der Waals surface area contributed by atoms with Gasteiger partial charge in [-0.05, 0) is 30.9 Å². The summed E-state index contributed by atoms with van der Waals surface area (Å²) in [6.07, 6.45) is 3.36. The number of anilines is 1. The molecule has 3 nitrogen and oxygen atoms in total. The van der Waals surface area contributed by atoms with Crippen molar-refractivity contribution in [1.29, 1.82) is 0 Å². The topological polar surface area (TPSA) is 32.3 Å². The summed E-state index contributed by atoms with van der Waals surface area (Å²) < 4.78 is 0. The first-order valence-electron chi connectivity index (χ1n) is 7.06. The Labute approximate surface area is 118 Å². The summed E-state index contributed by atoms with van der Waals surface area (Å²) in [7, 11) is 0. The van der Waals surface area contributed by atoms with E-state index in [9.17, 15) is 4.79 Å². The third-order valence-electron chi connectivity index (χ3n) is 3.85. The van der Waals surface area contributed by atoms with Crippen LogP contribution in [0.4, 0.5) is 5.69 Å². The smallest absolute Gasteiger partial charge is 0.244 e. The highest BCUT2D eigenvalue weighted by atomic mass is 32.2. The number of nitrogens with zero attached hydrogens (tertiary/aromatic N) is 1. The second kappa shape index (κ2) is 5.97. The molecule has 1 fully saturated rings. The number of thioether (sulfide) groups is 1. The molecule has 1 N–H and O–H groups in total. The molecular formula is C15H20N2OS. The van der Waals surface area contributed by atoms with Crippen molar-refractivity contribution in [3.05, 3.63) is 29.8 Å². The fraction of sp³-hybridized carbons (Fsp3) is 0.533. The maximum Gasteiger partial charge on any atom is 0.244 e. The Morgan fingerprint density at radius 2 is 2.21 bits per heavy atom. The first kappa shape index (κ1) is 13.0. The molecule has 0 spiro atoms. The van der Waals surface area contributed by atoms with E-state index < -0.39 is 0 Å². The standard InChI is InChI=1S/C15H20N2OS/c18-15(13-11-19-10-8-16-13)17-9-4-3-6-12-5-1-2-7-14(12)17/h1-2,5,7,13,16H,3-4,6,8-11H2. The summed E-state index contributed by atoms with van der Waals surface area (Å²) in [5.74, 6) is 2.26. The number of carbonyl (C=O) groups is 1. The predicted octanol–water partition coefficient (Wildman–Crippen LogP) is 2.06. The van der Waals surface area contributed by atoms with E-state index in [1.165, 1.54) is 12.0 Å². The fourth-order valence-electron chi connectivity index (χ4n) is 2.83. The van der Waals surface area contributed by atoms with Gasteiger partial charge in [0.2, 0.25) is 5.91 Å². The van der Waals surface area contributed by atoms with Gasteiger partial charge < -0.3 is 10.2 Å². The van der Waals surface area contributed by atoms with Gasteiger partial charge in [0.25, 0.3) is 0 Å². The minimum atomic E-state index is -0.00935. The van der Waals surface area contributed by atoms with Crippen LogP contribution in [0, 0.1) is 0 Å². The Morgan fingerprint density at radius 3 is 3.05 bits per heavy atom. The van der Waals surface area contributed by atoms with E-state index in [0.29, 0.717) is 0 Å². The number of amides is 1. The molecule has 1 atom stereocenters. The molecule has 19 heavy (non-hydrogen) atoms. The second-order valence-corrected chi connectivity index (χ2v) is 6.31. The Hall–Kier alpha value is -1.00. The zero-order valence-electron chi connectivity index (χ0n) is 11.1. The maximum absolute atomic E-state index is 12.7. The molecule has 1 amide bonds. The molecule has 0 radical (unpaired) electrons. The van der Waals surface area contributed by atoms with Gasteiger partial charge in [0.1, 0.15) is 0 Å². The van der Waals surface area contributed by atoms with Gasteiger partial charge in [0.15, 0.2) is 0 Å². The lowest BCUT2D eigenvalue weighted by Crippen LogP contribution is -2.51. The quantitative estimate of drug-likeness (QED) is 0.852. The van der Waals surface area contributed by atoms with E-state index in [4.69, 9.17) is 0 Å². The van der Waals surface area contributed by atoms with Crippen molar-refractivity contribution in [1.82, 2.24) is 5.32 Å². The fourth-order valence-corrected chi connectivity index (χ4v) is 3.76. The van der Waals surface area contributed by atoms with Crippen LogP contribution in [-0.4, -0.2) is 36.5 Å². The number of para-hydroxylation sites is 1. The molecule has 3 rings (SSSR count). The number of hydrogen-bond acceptors (Lipinski definition) is 3. The van der Waals surface area contributed by atoms with Gasteiger partial charge in [-0.1, -0.05) is 18.2 Å². The van der Waals surface area contributed by atoms with Crippen molar-refractivity contribution >= 4 is 23.4 Å². The third kappa shape index (κ3) is 2.79. The van der Waals surface area contributed by atoms with Crippen LogP contribution >= 0.6 is 11.8 Å². The summed E-state index contributed by atoms with van der Waals surface area (Å²) in [5.41, 5.74) is 2.44. The van der Waals surface area contributed by atoms with Crippen molar-refractivity contribution in [2.45, 2.75) is 25.3 Å². The molecular weight excluding hydrogens is 256 g/mol. The summed E-state index contributed by atoms with van der Waals surface area (Å²) >= 11 is 1.87. The molecule has 2 aliphatic rings. The largest absolute Gasteiger partial charge is 0.311 e. The molecule has 102 valence electrons. The van der Waals surface area contributed by atoms with Crippen LogP contribution in [0.2, 0.25) is 0 Å². The molecule has 0 aromatic heterocycles. The molecule has 2 aliphatic heterocycles. The van der Waals surface area contributed by atoms with Gasteiger partial charge in [0, 0.05) is 30.3 Å². The molecule has 1 aromatic carbocycles. The number of hydrogen-bond donors (Lipinski definition) is 1. The SMILES string of the molecule is O=C(C1CSCCN1)N1CCCCc2ccccc21. The van der Waals surface area contributed by atoms with Crippen molar-refractivity contribution in [3.63, 3.8) is 0 Å². The molecule has 1 saturated heterocycles. The van der Waals surface area contributed by atoms with Crippen molar-refractivity contribution in [2.24, 2.45) is 0 Å². The highest BCUT2D eigenvalue weighted by Crippen LogP contribution is 2.27. The predicted molar refractivity (Wildman–Crippen MR) is 80.8 cm³/mol. The number of aryl methyl sites for hydroxylation is 1. The summed E-state index contributed by atoms with van der Waals surface area (Å²) in [4.78, 5) is 14.7. The van der Waals surface area contributed by atoms with Gasteiger partial charge in [-0.15, -0.1) is 0 Å².